The number of ether oxygens (including phenoxy) is 2. The first kappa shape index (κ1) is 12.0. The van der Waals surface area contributed by atoms with Gasteiger partial charge in [0, 0.05) is 6.20 Å². The maximum absolute atomic E-state index is 11.0. The van der Waals surface area contributed by atoms with Crippen molar-refractivity contribution in [3.8, 4) is 0 Å². The van der Waals surface area contributed by atoms with Crippen LogP contribution in [0.2, 0.25) is 0 Å². The fourth-order valence-corrected chi connectivity index (χ4v) is 1.21. The van der Waals surface area contributed by atoms with Crippen molar-refractivity contribution in [2.45, 2.75) is 6.54 Å². The van der Waals surface area contributed by atoms with Gasteiger partial charge in [-0.1, -0.05) is 0 Å². The minimum Gasteiger partial charge on any atom is -0.499 e. The van der Waals surface area contributed by atoms with Gasteiger partial charge in [0.1, 0.15) is 5.76 Å². The lowest BCUT2D eigenvalue weighted by Crippen LogP contribution is -2.07. The molecule has 0 fully saturated rings. The second kappa shape index (κ2) is 5.75. The van der Waals surface area contributed by atoms with E-state index < -0.39 is 5.97 Å². The van der Waals surface area contributed by atoms with Gasteiger partial charge in [-0.25, -0.2) is 4.79 Å². The van der Waals surface area contributed by atoms with Gasteiger partial charge in [0.2, 0.25) is 0 Å². The van der Waals surface area contributed by atoms with Gasteiger partial charge in [0.25, 0.3) is 0 Å². The van der Waals surface area contributed by atoms with Crippen LogP contribution in [0.5, 0.6) is 0 Å². The summed E-state index contributed by atoms with van der Waals surface area (Å²) < 4.78 is 11.2. The lowest BCUT2D eigenvalue weighted by molar-refractivity contribution is -0.135. The first-order valence-corrected chi connectivity index (χ1v) is 4.64. The molecule has 0 radical (unpaired) electrons. The lowest BCUT2D eigenvalue weighted by Gasteiger charge is -2.08. The van der Waals surface area contributed by atoms with Gasteiger partial charge in [-0.15, -0.1) is 0 Å². The molecular formula is C11H13NO4. The van der Waals surface area contributed by atoms with Crippen molar-refractivity contribution < 1.29 is 19.1 Å². The maximum atomic E-state index is 11.0. The van der Waals surface area contributed by atoms with Crippen LogP contribution >= 0.6 is 0 Å². The predicted octanol–water partition coefficient (Wildman–Crippen LogP) is 1.00. The van der Waals surface area contributed by atoms with Crippen LogP contribution in [0.4, 0.5) is 0 Å². The molecule has 0 unspecified atom stereocenters. The van der Waals surface area contributed by atoms with E-state index in [-0.39, 0.29) is 0 Å². The standard InChI is InChI=1S/C11H13NO4/c1-15-10(6-11(14)16-2)7-12-5-3-4-9(12)8-13/h3-6,8H,7H2,1-2H3. The number of rotatable bonds is 5. The Balaban J connectivity index is 2.81. The molecule has 0 atom stereocenters. The molecule has 0 amide bonds. The van der Waals surface area contributed by atoms with Crippen LogP contribution in [0.1, 0.15) is 10.5 Å². The quantitative estimate of drug-likeness (QED) is 0.323. The van der Waals surface area contributed by atoms with E-state index in [0.717, 1.165) is 6.29 Å². The van der Waals surface area contributed by atoms with Crippen LogP contribution in [0, 0.1) is 0 Å². The summed E-state index contributed by atoms with van der Waals surface area (Å²) in [6.07, 6.45) is 3.72. The summed E-state index contributed by atoms with van der Waals surface area (Å²) in [5.74, 6) is -0.0668. The van der Waals surface area contributed by atoms with Crippen LogP contribution in [0.3, 0.4) is 0 Å². The van der Waals surface area contributed by atoms with E-state index in [2.05, 4.69) is 4.74 Å². The lowest BCUT2D eigenvalue weighted by atomic mass is 10.4. The highest BCUT2D eigenvalue weighted by Gasteiger charge is 2.05. The second-order valence-corrected chi connectivity index (χ2v) is 3.02. The van der Waals surface area contributed by atoms with Crippen molar-refractivity contribution in [3.05, 3.63) is 35.9 Å². The smallest absolute Gasteiger partial charge is 0.333 e. The summed E-state index contributed by atoms with van der Waals surface area (Å²) in [6, 6.07) is 3.42. The number of carbonyl (C=O) groups excluding carboxylic acids is 2. The molecule has 16 heavy (non-hydrogen) atoms. The highest BCUT2D eigenvalue weighted by atomic mass is 16.5. The molecule has 0 saturated carbocycles. The van der Waals surface area contributed by atoms with Crippen molar-refractivity contribution in [3.63, 3.8) is 0 Å². The fraction of sp³-hybridized carbons (Fsp3) is 0.273. The maximum Gasteiger partial charge on any atom is 0.333 e. The summed E-state index contributed by atoms with van der Waals surface area (Å²) in [7, 11) is 2.75. The molecule has 86 valence electrons. The van der Waals surface area contributed by atoms with Crippen molar-refractivity contribution >= 4 is 12.3 Å². The molecule has 1 rings (SSSR count). The molecular weight excluding hydrogens is 210 g/mol. The Hall–Kier alpha value is -2.04. The van der Waals surface area contributed by atoms with E-state index in [1.165, 1.54) is 20.3 Å². The van der Waals surface area contributed by atoms with Crippen molar-refractivity contribution in [1.82, 2.24) is 4.57 Å². The van der Waals surface area contributed by atoms with Gasteiger partial charge < -0.3 is 14.0 Å². The van der Waals surface area contributed by atoms with Crippen LogP contribution in [-0.4, -0.2) is 31.0 Å². The van der Waals surface area contributed by atoms with Crippen molar-refractivity contribution in [2.24, 2.45) is 0 Å². The minimum atomic E-state index is -0.489. The van der Waals surface area contributed by atoms with Crippen LogP contribution in [-0.2, 0) is 20.8 Å². The second-order valence-electron chi connectivity index (χ2n) is 3.02. The third-order valence-corrected chi connectivity index (χ3v) is 2.05. The monoisotopic (exact) mass is 223 g/mol. The summed E-state index contributed by atoms with van der Waals surface area (Å²) in [4.78, 5) is 21.7. The number of nitrogens with zero attached hydrogens (tertiary/aromatic N) is 1. The molecule has 0 saturated heterocycles. The average molecular weight is 223 g/mol. The van der Waals surface area contributed by atoms with Gasteiger partial charge in [-0.3, -0.25) is 4.79 Å². The SMILES string of the molecule is COC(=O)C=C(Cn1cccc1C=O)OC. The Morgan fingerprint density at radius 1 is 1.44 bits per heavy atom. The summed E-state index contributed by atoms with van der Waals surface area (Å²) in [6.45, 7) is 0.312. The van der Waals surface area contributed by atoms with Gasteiger partial charge >= 0.3 is 5.97 Å². The van der Waals surface area contributed by atoms with Crippen molar-refractivity contribution in [1.29, 1.82) is 0 Å². The number of allylic oxidation sites excluding steroid dienone is 1. The molecule has 1 heterocycles. The number of esters is 1. The van der Waals surface area contributed by atoms with Crippen molar-refractivity contribution in [2.75, 3.05) is 14.2 Å². The molecule has 0 N–H and O–H groups in total. The number of aromatic nitrogens is 1. The average Bonchev–Trinajstić information content (AvgIpc) is 2.75. The Kier molecular flexibility index (Phi) is 4.32. The predicted molar refractivity (Wildman–Crippen MR) is 56.9 cm³/mol. The van der Waals surface area contributed by atoms with E-state index >= 15 is 0 Å². The zero-order valence-electron chi connectivity index (χ0n) is 9.17. The Morgan fingerprint density at radius 2 is 2.19 bits per heavy atom. The van der Waals surface area contributed by atoms with Crippen LogP contribution in [0.15, 0.2) is 30.2 Å². The highest BCUT2D eigenvalue weighted by molar-refractivity contribution is 5.82. The van der Waals surface area contributed by atoms with E-state index in [4.69, 9.17) is 4.74 Å². The van der Waals surface area contributed by atoms with Gasteiger partial charge in [-0.05, 0) is 12.1 Å². The summed E-state index contributed by atoms with van der Waals surface area (Å²) in [5, 5.41) is 0. The summed E-state index contributed by atoms with van der Waals surface area (Å²) >= 11 is 0. The Bertz CT molecular complexity index is 406. The first-order valence-electron chi connectivity index (χ1n) is 4.64. The number of carbonyl (C=O) groups is 2. The van der Waals surface area contributed by atoms with Crippen LogP contribution < -0.4 is 0 Å². The molecule has 5 heteroatoms. The third kappa shape index (κ3) is 2.98. The minimum absolute atomic E-state index is 0.312. The molecule has 0 spiro atoms. The third-order valence-electron chi connectivity index (χ3n) is 2.05. The van der Waals surface area contributed by atoms with Gasteiger partial charge in [-0.2, -0.15) is 0 Å². The Labute approximate surface area is 93.3 Å². The zero-order chi connectivity index (χ0) is 12.0. The van der Waals surface area contributed by atoms with E-state index in [0.29, 0.717) is 18.0 Å². The molecule has 0 aliphatic heterocycles. The van der Waals surface area contributed by atoms with Crippen LogP contribution in [0.25, 0.3) is 0 Å². The molecule has 0 aromatic carbocycles. The molecule has 0 bridgehead atoms. The first-order chi connectivity index (χ1) is 7.71. The highest BCUT2D eigenvalue weighted by Crippen LogP contribution is 2.06. The van der Waals surface area contributed by atoms with E-state index in [9.17, 15) is 9.59 Å². The largest absolute Gasteiger partial charge is 0.499 e. The molecule has 5 nitrogen and oxygen atoms in total. The molecule has 0 aliphatic rings. The molecule has 1 aromatic heterocycles. The van der Waals surface area contributed by atoms with E-state index in [1.807, 2.05) is 0 Å². The number of hydrogen-bond donors (Lipinski definition) is 0. The van der Waals surface area contributed by atoms with E-state index in [1.54, 1.807) is 22.9 Å². The number of hydrogen-bond acceptors (Lipinski definition) is 4. The normalized spacial score (nSPS) is 11.0. The van der Waals surface area contributed by atoms with Gasteiger partial charge in [0.15, 0.2) is 6.29 Å². The Morgan fingerprint density at radius 3 is 2.75 bits per heavy atom. The number of methoxy groups -OCH3 is 2. The topological polar surface area (TPSA) is 57.5 Å². The van der Waals surface area contributed by atoms with Gasteiger partial charge in [0.05, 0.1) is 32.5 Å². The zero-order valence-corrected chi connectivity index (χ0v) is 9.17. The number of aldehydes is 1. The molecule has 0 aliphatic carbocycles. The fourth-order valence-electron chi connectivity index (χ4n) is 1.21. The summed E-state index contributed by atoms with van der Waals surface area (Å²) in [5.41, 5.74) is 0.521. The molecule has 1 aromatic rings.